The predicted molar refractivity (Wildman–Crippen MR) is 98.9 cm³/mol. The Bertz CT molecular complexity index is 797. The zero-order valence-electron chi connectivity index (χ0n) is 12.0. The summed E-state index contributed by atoms with van der Waals surface area (Å²) in [5.41, 5.74) is 4.15. The maximum Gasteiger partial charge on any atom is 0.0906 e. The Labute approximate surface area is 156 Å². The summed E-state index contributed by atoms with van der Waals surface area (Å²) in [6.07, 6.45) is 2.32. The van der Waals surface area contributed by atoms with Crippen molar-refractivity contribution < 1.29 is 0 Å². The minimum absolute atomic E-state index is 0.0454. The standard InChI is InChI=1S/C16H14Br2Cl2N2/c1-15(6-17)8-2-3-16(15,7-18)14-13(8)21-11-4-9(19)10(20)5-12(11)22-14/h4-5,8H,2-3,6-7H2,1H3. The van der Waals surface area contributed by atoms with Gasteiger partial charge >= 0.3 is 0 Å². The number of fused-ring (bicyclic) bond motifs is 6. The number of nitrogens with zero attached hydrogens (tertiary/aromatic N) is 2. The molecular formula is C16H14Br2Cl2N2. The van der Waals surface area contributed by atoms with E-state index < -0.39 is 0 Å². The molecule has 1 aromatic heterocycles. The van der Waals surface area contributed by atoms with E-state index in [9.17, 15) is 0 Å². The molecule has 22 heavy (non-hydrogen) atoms. The van der Waals surface area contributed by atoms with E-state index in [0.717, 1.165) is 39.5 Å². The Kier molecular flexibility index (Phi) is 3.58. The van der Waals surface area contributed by atoms with Crippen LogP contribution in [0.25, 0.3) is 11.0 Å². The summed E-state index contributed by atoms with van der Waals surface area (Å²) < 4.78 is 0. The van der Waals surface area contributed by atoms with Crippen LogP contribution in [-0.4, -0.2) is 20.6 Å². The second-order valence-corrected chi connectivity index (χ2v) is 8.51. The van der Waals surface area contributed by atoms with Gasteiger partial charge in [-0.1, -0.05) is 62.0 Å². The van der Waals surface area contributed by atoms with Crippen molar-refractivity contribution in [3.63, 3.8) is 0 Å². The van der Waals surface area contributed by atoms with E-state index in [1.165, 1.54) is 6.42 Å². The number of hydrogen-bond donors (Lipinski definition) is 0. The van der Waals surface area contributed by atoms with Crippen LogP contribution in [0.3, 0.4) is 0 Å². The smallest absolute Gasteiger partial charge is 0.0906 e. The molecule has 116 valence electrons. The highest BCUT2D eigenvalue weighted by Gasteiger charge is 2.65. The molecule has 0 spiro atoms. The highest BCUT2D eigenvalue weighted by molar-refractivity contribution is 9.09. The van der Waals surface area contributed by atoms with Crippen LogP contribution < -0.4 is 0 Å². The van der Waals surface area contributed by atoms with E-state index in [1.807, 2.05) is 12.1 Å². The minimum atomic E-state index is 0.0454. The molecule has 3 unspecified atom stereocenters. The Morgan fingerprint density at radius 1 is 1.14 bits per heavy atom. The average Bonchev–Trinajstić information content (AvgIpc) is 2.91. The molecule has 1 aromatic carbocycles. The Morgan fingerprint density at radius 3 is 2.36 bits per heavy atom. The molecule has 0 aliphatic heterocycles. The van der Waals surface area contributed by atoms with Crippen LogP contribution in [0.4, 0.5) is 0 Å². The number of hydrogen-bond acceptors (Lipinski definition) is 2. The summed E-state index contributed by atoms with van der Waals surface area (Å²) in [6, 6.07) is 3.65. The third kappa shape index (κ3) is 1.73. The van der Waals surface area contributed by atoms with E-state index in [4.69, 9.17) is 33.2 Å². The van der Waals surface area contributed by atoms with Gasteiger partial charge in [-0.2, -0.15) is 0 Å². The van der Waals surface area contributed by atoms with E-state index >= 15 is 0 Å². The summed E-state index contributed by atoms with van der Waals surface area (Å²) in [6.45, 7) is 2.36. The Balaban J connectivity index is 2.04. The van der Waals surface area contributed by atoms with Crippen LogP contribution in [0.2, 0.25) is 10.0 Å². The topological polar surface area (TPSA) is 25.8 Å². The van der Waals surface area contributed by atoms with Gasteiger partial charge in [-0.3, -0.25) is 0 Å². The van der Waals surface area contributed by atoms with Crippen LogP contribution in [0.15, 0.2) is 12.1 Å². The molecule has 2 bridgehead atoms. The molecule has 0 N–H and O–H groups in total. The van der Waals surface area contributed by atoms with E-state index in [1.54, 1.807) is 0 Å². The maximum atomic E-state index is 6.15. The van der Waals surface area contributed by atoms with Gasteiger partial charge in [0.05, 0.1) is 32.5 Å². The first-order valence-electron chi connectivity index (χ1n) is 7.26. The molecular weight excluding hydrogens is 451 g/mol. The van der Waals surface area contributed by atoms with Gasteiger partial charge in [0.2, 0.25) is 0 Å². The van der Waals surface area contributed by atoms with E-state index in [2.05, 4.69) is 38.8 Å². The summed E-state index contributed by atoms with van der Waals surface area (Å²) in [7, 11) is 0. The summed E-state index contributed by atoms with van der Waals surface area (Å²) in [4.78, 5) is 9.90. The lowest BCUT2D eigenvalue weighted by Crippen LogP contribution is -2.40. The number of benzene rings is 1. The lowest BCUT2D eigenvalue weighted by molar-refractivity contribution is 0.243. The Hall–Kier alpha value is 0.1000. The van der Waals surface area contributed by atoms with Crippen LogP contribution in [0, 0.1) is 5.41 Å². The molecule has 2 nitrogen and oxygen atoms in total. The normalized spacial score (nSPS) is 32.7. The van der Waals surface area contributed by atoms with Crippen molar-refractivity contribution in [2.24, 2.45) is 5.41 Å². The van der Waals surface area contributed by atoms with Gasteiger partial charge in [0.15, 0.2) is 0 Å². The van der Waals surface area contributed by atoms with Gasteiger partial charge in [0, 0.05) is 22.0 Å². The Morgan fingerprint density at radius 2 is 1.77 bits per heavy atom. The van der Waals surface area contributed by atoms with Crippen molar-refractivity contribution in [1.82, 2.24) is 9.97 Å². The van der Waals surface area contributed by atoms with Gasteiger partial charge in [-0.15, -0.1) is 0 Å². The lowest BCUT2D eigenvalue weighted by atomic mass is 9.70. The molecule has 4 rings (SSSR count). The average molecular weight is 465 g/mol. The van der Waals surface area contributed by atoms with Gasteiger partial charge in [-0.25, -0.2) is 9.97 Å². The largest absolute Gasteiger partial charge is 0.249 e. The van der Waals surface area contributed by atoms with Crippen molar-refractivity contribution in [2.45, 2.75) is 31.1 Å². The van der Waals surface area contributed by atoms with Gasteiger partial charge in [-0.05, 0) is 30.4 Å². The number of alkyl halides is 2. The van der Waals surface area contributed by atoms with Gasteiger partial charge in [0.25, 0.3) is 0 Å². The maximum absolute atomic E-state index is 6.15. The second kappa shape index (κ2) is 5.05. The SMILES string of the molecule is CC1(CBr)C2CCC1(CBr)c1nc3cc(Cl)c(Cl)cc3nc12. The van der Waals surface area contributed by atoms with E-state index in [0.29, 0.717) is 16.0 Å². The molecule has 0 saturated heterocycles. The molecule has 1 heterocycles. The summed E-state index contributed by atoms with van der Waals surface area (Å²) >= 11 is 19.8. The first-order chi connectivity index (χ1) is 10.5. The molecule has 2 aliphatic rings. The fraction of sp³-hybridized carbons (Fsp3) is 0.500. The quantitative estimate of drug-likeness (QED) is 0.520. The zero-order valence-corrected chi connectivity index (χ0v) is 16.7. The van der Waals surface area contributed by atoms with Crippen molar-refractivity contribution in [3.8, 4) is 0 Å². The number of rotatable bonds is 2. The van der Waals surface area contributed by atoms with Gasteiger partial charge in [0.1, 0.15) is 0 Å². The number of aromatic nitrogens is 2. The van der Waals surface area contributed by atoms with Crippen molar-refractivity contribution in [3.05, 3.63) is 33.6 Å². The highest BCUT2D eigenvalue weighted by Crippen LogP contribution is 2.68. The molecule has 1 fully saturated rings. The first kappa shape index (κ1) is 15.6. The molecule has 2 aliphatic carbocycles. The monoisotopic (exact) mass is 462 g/mol. The van der Waals surface area contributed by atoms with Crippen LogP contribution in [0.5, 0.6) is 0 Å². The zero-order chi connectivity index (χ0) is 15.7. The second-order valence-electron chi connectivity index (χ2n) is 6.57. The van der Waals surface area contributed by atoms with Crippen LogP contribution in [0.1, 0.15) is 37.1 Å². The molecule has 3 atom stereocenters. The van der Waals surface area contributed by atoms with E-state index in [-0.39, 0.29) is 10.8 Å². The van der Waals surface area contributed by atoms with Gasteiger partial charge < -0.3 is 0 Å². The molecule has 0 radical (unpaired) electrons. The van der Waals surface area contributed by atoms with Crippen LogP contribution >= 0.6 is 55.1 Å². The first-order valence-corrected chi connectivity index (χ1v) is 10.3. The van der Waals surface area contributed by atoms with Crippen molar-refractivity contribution in [1.29, 1.82) is 0 Å². The van der Waals surface area contributed by atoms with Crippen LogP contribution in [-0.2, 0) is 5.41 Å². The lowest BCUT2D eigenvalue weighted by Gasteiger charge is -2.38. The third-order valence-electron chi connectivity index (χ3n) is 5.74. The predicted octanol–water partition coefficient (Wildman–Crippen LogP) is 5.86. The molecule has 2 aromatic rings. The minimum Gasteiger partial charge on any atom is -0.249 e. The summed E-state index contributed by atoms with van der Waals surface area (Å²) in [5, 5.41) is 2.92. The highest BCUT2D eigenvalue weighted by atomic mass is 79.9. The molecule has 1 saturated carbocycles. The third-order valence-corrected chi connectivity index (χ3v) is 8.59. The summed E-state index contributed by atoms with van der Waals surface area (Å²) in [5.74, 6) is 0.450. The van der Waals surface area contributed by atoms with Crippen molar-refractivity contribution in [2.75, 3.05) is 10.7 Å². The fourth-order valence-corrected chi connectivity index (χ4v) is 6.75. The molecule has 0 amide bonds. The molecule has 6 heteroatoms. The number of halogens is 4. The van der Waals surface area contributed by atoms with Crippen molar-refractivity contribution >= 4 is 66.1 Å². The fourth-order valence-electron chi connectivity index (χ4n) is 4.32.